The van der Waals surface area contributed by atoms with Crippen LogP contribution in [0.25, 0.3) is 0 Å². The fraction of sp³-hybridized carbons (Fsp3) is 0.500. The molecule has 1 aliphatic carbocycles. The molecule has 114 valence electrons. The molecule has 21 heavy (non-hydrogen) atoms. The van der Waals surface area contributed by atoms with Crippen LogP contribution >= 0.6 is 0 Å². The van der Waals surface area contributed by atoms with Crippen LogP contribution in [0.15, 0.2) is 24.3 Å². The first-order valence-electron chi connectivity index (χ1n) is 7.21. The molecule has 0 radical (unpaired) electrons. The van der Waals surface area contributed by atoms with Crippen molar-refractivity contribution in [1.29, 1.82) is 0 Å². The molecule has 0 heterocycles. The number of carboxylic acid groups (broad SMARTS) is 1. The van der Waals surface area contributed by atoms with Crippen LogP contribution in [0.4, 0.5) is 0 Å². The molecule has 1 aromatic rings. The normalized spacial score (nSPS) is 16.4. The zero-order valence-corrected chi connectivity index (χ0v) is 12.2. The number of aliphatic carboxylic acids is 1. The minimum atomic E-state index is -1.04. The molecule has 0 aliphatic heterocycles. The Morgan fingerprint density at radius 1 is 1.33 bits per heavy atom. The lowest BCUT2D eigenvalue weighted by atomic mass is 9.89. The second kappa shape index (κ2) is 6.61. The third-order valence-corrected chi connectivity index (χ3v) is 3.94. The van der Waals surface area contributed by atoms with Gasteiger partial charge in [-0.15, -0.1) is 0 Å². The van der Waals surface area contributed by atoms with Gasteiger partial charge in [0.05, 0.1) is 0 Å². The monoisotopic (exact) mass is 291 g/mol. The zero-order chi connectivity index (χ0) is 15.3. The van der Waals surface area contributed by atoms with Crippen molar-refractivity contribution in [3.8, 4) is 5.75 Å². The highest BCUT2D eigenvalue weighted by atomic mass is 16.5. The largest absolute Gasteiger partial charge is 0.482 e. The number of carbonyl (C=O) groups excluding carboxylic acids is 1. The predicted octanol–water partition coefficient (Wildman–Crippen LogP) is 2.46. The van der Waals surface area contributed by atoms with Gasteiger partial charge in [0.2, 0.25) is 0 Å². The van der Waals surface area contributed by atoms with Crippen molar-refractivity contribution in [2.24, 2.45) is 5.41 Å². The van der Waals surface area contributed by atoms with Crippen LogP contribution < -0.4 is 10.1 Å². The highest BCUT2D eigenvalue weighted by Crippen LogP contribution is 2.36. The van der Waals surface area contributed by atoms with Crippen molar-refractivity contribution in [1.82, 2.24) is 5.32 Å². The molecule has 5 heteroatoms. The predicted molar refractivity (Wildman–Crippen MR) is 78.5 cm³/mol. The van der Waals surface area contributed by atoms with Crippen molar-refractivity contribution in [3.63, 3.8) is 0 Å². The van der Waals surface area contributed by atoms with Gasteiger partial charge in [0.15, 0.2) is 6.61 Å². The van der Waals surface area contributed by atoms with Gasteiger partial charge in [0.1, 0.15) is 5.75 Å². The molecule has 1 fully saturated rings. The maximum Gasteiger partial charge on any atom is 0.341 e. The summed E-state index contributed by atoms with van der Waals surface area (Å²) in [6.45, 7) is 2.46. The Morgan fingerprint density at radius 3 is 2.71 bits per heavy atom. The average molecular weight is 291 g/mol. The summed E-state index contributed by atoms with van der Waals surface area (Å²) in [7, 11) is 0. The van der Waals surface area contributed by atoms with E-state index in [1.54, 1.807) is 24.3 Å². The Bertz CT molecular complexity index is 521. The minimum absolute atomic E-state index is 0.149. The molecule has 0 saturated heterocycles. The van der Waals surface area contributed by atoms with E-state index < -0.39 is 12.6 Å². The molecule has 2 rings (SSSR count). The van der Waals surface area contributed by atoms with E-state index in [0.717, 1.165) is 12.8 Å². The maximum absolute atomic E-state index is 12.2. The minimum Gasteiger partial charge on any atom is -0.482 e. The van der Waals surface area contributed by atoms with Crippen molar-refractivity contribution in [2.75, 3.05) is 13.2 Å². The van der Waals surface area contributed by atoms with Crippen molar-refractivity contribution >= 4 is 11.9 Å². The standard InChI is InChI=1S/C16H21NO4/c1-16(7-2-3-8-16)11-17-15(20)12-5-4-6-13(9-12)21-10-14(18)19/h4-6,9H,2-3,7-8,10-11H2,1H3,(H,17,20)(H,18,19). The molecular formula is C16H21NO4. The summed E-state index contributed by atoms with van der Waals surface area (Å²) in [4.78, 5) is 22.6. The van der Waals surface area contributed by atoms with E-state index in [4.69, 9.17) is 9.84 Å². The number of carboxylic acids is 1. The Morgan fingerprint density at radius 2 is 2.05 bits per heavy atom. The molecule has 2 N–H and O–H groups in total. The smallest absolute Gasteiger partial charge is 0.341 e. The second-order valence-corrected chi connectivity index (χ2v) is 5.91. The first kappa shape index (κ1) is 15.4. The number of rotatable bonds is 6. The van der Waals surface area contributed by atoms with Gasteiger partial charge in [-0.05, 0) is 36.5 Å². The summed E-state index contributed by atoms with van der Waals surface area (Å²) in [5.41, 5.74) is 0.687. The molecule has 1 aromatic carbocycles. The van der Waals surface area contributed by atoms with Crippen molar-refractivity contribution in [2.45, 2.75) is 32.6 Å². The Labute approximate surface area is 124 Å². The summed E-state index contributed by atoms with van der Waals surface area (Å²) in [5, 5.41) is 11.5. The van der Waals surface area contributed by atoms with Gasteiger partial charge in [0.25, 0.3) is 5.91 Å². The van der Waals surface area contributed by atoms with Gasteiger partial charge in [-0.25, -0.2) is 4.79 Å². The number of benzene rings is 1. The van der Waals surface area contributed by atoms with Gasteiger partial charge in [-0.2, -0.15) is 0 Å². The topological polar surface area (TPSA) is 75.6 Å². The van der Waals surface area contributed by atoms with Gasteiger partial charge >= 0.3 is 5.97 Å². The van der Waals surface area contributed by atoms with Crippen LogP contribution in [0.5, 0.6) is 5.75 Å². The molecule has 1 aliphatic rings. The summed E-state index contributed by atoms with van der Waals surface area (Å²) >= 11 is 0. The number of carbonyl (C=O) groups is 2. The van der Waals surface area contributed by atoms with E-state index >= 15 is 0 Å². The van der Waals surface area contributed by atoms with Gasteiger partial charge in [-0.3, -0.25) is 4.79 Å². The fourth-order valence-corrected chi connectivity index (χ4v) is 2.67. The van der Waals surface area contributed by atoms with Gasteiger partial charge < -0.3 is 15.2 Å². The molecule has 0 bridgehead atoms. The SMILES string of the molecule is CC1(CNC(=O)c2cccc(OCC(=O)O)c2)CCCC1. The lowest BCUT2D eigenvalue weighted by Gasteiger charge is -2.23. The summed E-state index contributed by atoms with van der Waals surface area (Å²) in [5.74, 6) is -0.806. The zero-order valence-electron chi connectivity index (χ0n) is 12.2. The highest BCUT2D eigenvalue weighted by Gasteiger charge is 2.28. The van der Waals surface area contributed by atoms with E-state index in [9.17, 15) is 9.59 Å². The first-order valence-corrected chi connectivity index (χ1v) is 7.21. The van der Waals surface area contributed by atoms with E-state index in [2.05, 4.69) is 12.2 Å². The number of nitrogens with one attached hydrogen (secondary N) is 1. The molecular weight excluding hydrogens is 270 g/mol. The molecule has 0 spiro atoms. The number of ether oxygens (including phenoxy) is 1. The summed E-state index contributed by atoms with van der Waals surface area (Å²) in [6.07, 6.45) is 4.75. The summed E-state index contributed by atoms with van der Waals surface area (Å²) in [6, 6.07) is 6.58. The number of hydrogen-bond acceptors (Lipinski definition) is 3. The van der Waals surface area contributed by atoms with Crippen LogP contribution in [-0.2, 0) is 4.79 Å². The Hall–Kier alpha value is -2.04. The lowest BCUT2D eigenvalue weighted by molar-refractivity contribution is -0.139. The molecule has 0 atom stereocenters. The van der Waals surface area contributed by atoms with Gasteiger partial charge in [-0.1, -0.05) is 25.8 Å². The highest BCUT2D eigenvalue weighted by molar-refractivity contribution is 5.94. The fourth-order valence-electron chi connectivity index (χ4n) is 2.67. The van der Waals surface area contributed by atoms with Crippen LogP contribution in [0.2, 0.25) is 0 Å². The summed E-state index contributed by atoms with van der Waals surface area (Å²) < 4.78 is 5.08. The van der Waals surface area contributed by atoms with Crippen molar-refractivity contribution < 1.29 is 19.4 Å². The lowest BCUT2D eigenvalue weighted by Crippen LogP contribution is -2.34. The molecule has 5 nitrogen and oxygen atoms in total. The van der Waals surface area contributed by atoms with E-state index in [-0.39, 0.29) is 11.3 Å². The molecule has 0 unspecified atom stereocenters. The number of hydrogen-bond donors (Lipinski definition) is 2. The van der Waals surface area contributed by atoms with E-state index in [1.807, 2.05) is 0 Å². The second-order valence-electron chi connectivity index (χ2n) is 5.91. The average Bonchev–Trinajstić information content (AvgIpc) is 2.90. The maximum atomic E-state index is 12.2. The molecule has 0 aromatic heterocycles. The van der Waals surface area contributed by atoms with Crippen LogP contribution in [0.1, 0.15) is 43.0 Å². The first-order chi connectivity index (χ1) is 9.98. The van der Waals surface area contributed by atoms with Crippen LogP contribution in [0.3, 0.4) is 0 Å². The van der Waals surface area contributed by atoms with E-state index in [1.165, 1.54) is 12.8 Å². The quantitative estimate of drug-likeness (QED) is 0.844. The number of amides is 1. The Balaban J connectivity index is 1.92. The third kappa shape index (κ3) is 4.48. The van der Waals surface area contributed by atoms with Crippen LogP contribution in [-0.4, -0.2) is 30.1 Å². The van der Waals surface area contributed by atoms with Crippen molar-refractivity contribution in [3.05, 3.63) is 29.8 Å². The molecule has 1 amide bonds. The van der Waals surface area contributed by atoms with Gasteiger partial charge in [0, 0.05) is 12.1 Å². The van der Waals surface area contributed by atoms with Crippen LogP contribution in [0, 0.1) is 5.41 Å². The van der Waals surface area contributed by atoms with E-state index in [0.29, 0.717) is 17.9 Å². The Kier molecular flexibility index (Phi) is 4.83. The molecule has 1 saturated carbocycles. The third-order valence-electron chi connectivity index (χ3n) is 3.94.